The maximum atomic E-state index is 11.6. The number of nitrogens with one attached hydrogen (secondary N) is 1. The van der Waals surface area contributed by atoms with Crippen LogP contribution in [0.2, 0.25) is 0 Å². The maximum Gasteiger partial charge on any atom is 0.330 e. The molecule has 2 aromatic rings. The van der Waals surface area contributed by atoms with Gasteiger partial charge in [-0.15, -0.1) is 0 Å². The van der Waals surface area contributed by atoms with Crippen molar-refractivity contribution in [2.45, 2.75) is 13.7 Å². The quantitative estimate of drug-likeness (QED) is 0.429. The predicted octanol–water partition coefficient (Wildman–Crippen LogP) is -0.205. The number of imidazole rings is 1. The highest BCUT2D eigenvalue weighted by Crippen LogP contribution is 2.06. The average Bonchev–Trinajstić information content (AvgIpc) is 2.82. The Morgan fingerprint density at radius 2 is 2.33 bits per heavy atom. The fourth-order valence-corrected chi connectivity index (χ4v) is 1.61. The third kappa shape index (κ3) is 3.66. The van der Waals surface area contributed by atoms with Crippen LogP contribution in [0.3, 0.4) is 0 Å². The van der Waals surface area contributed by atoms with Gasteiger partial charge in [-0.3, -0.25) is 14.3 Å². The number of H-pyrrole nitrogens is 1. The molecule has 9 nitrogen and oxygen atoms in total. The fraction of sp³-hybridized carbons (Fsp3) is 0.333. The van der Waals surface area contributed by atoms with Gasteiger partial charge in [0, 0.05) is 6.08 Å². The number of aromatic nitrogens is 4. The van der Waals surface area contributed by atoms with Gasteiger partial charge in [0.15, 0.2) is 11.2 Å². The first kappa shape index (κ1) is 14.7. The molecule has 0 spiro atoms. The summed E-state index contributed by atoms with van der Waals surface area (Å²) in [5.74, 6) is -0.412. The second-order valence-electron chi connectivity index (χ2n) is 4.04. The van der Waals surface area contributed by atoms with Gasteiger partial charge in [0.1, 0.15) is 13.3 Å². The molecular weight excluding hydrogens is 278 g/mol. The number of nitrogen functional groups attached to an aromatic ring is 1. The summed E-state index contributed by atoms with van der Waals surface area (Å²) in [7, 11) is 0. The lowest BCUT2D eigenvalue weighted by Crippen LogP contribution is -2.13. The number of hydrogen-bond donors (Lipinski definition) is 2. The molecule has 0 aromatic carbocycles. The Hall–Kier alpha value is -2.68. The van der Waals surface area contributed by atoms with E-state index >= 15 is 0 Å². The summed E-state index contributed by atoms with van der Waals surface area (Å²) in [6.07, 6.45) is 4.34. The topological polar surface area (TPSA) is 125 Å². The zero-order valence-corrected chi connectivity index (χ0v) is 11.4. The van der Waals surface area contributed by atoms with E-state index in [1.807, 2.05) is 0 Å². The maximum absolute atomic E-state index is 11.6. The van der Waals surface area contributed by atoms with Crippen molar-refractivity contribution in [3.63, 3.8) is 0 Å². The van der Waals surface area contributed by atoms with Crippen LogP contribution >= 0.6 is 0 Å². The van der Waals surface area contributed by atoms with Crippen molar-refractivity contribution >= 4 is 23.1 Å². The molecule has 0 atom stereocenters. The molecule has 0 radical (unpaired) electrons. The van der Waals surface area contributed by atoms with Crippen LogP contribution in [0, 0.1) is 0 Å². The Balaban J connectivity index is 1.90. The summed E-state index contributed by atoms with van der Waals surface area (Å²) in [4.78, 5) is 32.9. The molecule has 9 heteroatoms. The molecule has 0 fully saturated rings. The fourth-order valence-electron chi connectivity index (χ4n) is 1.61. The molecule has 2 heterocycles. The highest BCUT2D eigenvalue weighted by Gasteiger charge is 2.08. The van der Waals surface area contributed by atoms with Crippen molar-refractivity contribution in [2.75, 3.05) is 18.9 Å². The minimum absolute atomic E-state index is 0.00883. The number of nitrogens with zero attached hydrogens (tertiary/aromatic N) is 3. The van der Waals surface area contributed by atoms with E-state index in [1.165, 1.54) is 17.0 Å². The number of esters is 1. The van der Waals surface area contributed by atoms with Gasteiger partial charge in [0.25, 0.3) is 5.56 Å². The van der Waals surface area contributed by atoms with E-state index in [1.54, 1.807) is 13.0 Å². The molecule has 3 N–H and O–H groups in total. The van der Waals surface area contributed by atoms with E-state index in [0.717, 1.165) is 0 Å². The Kier molecular flexibility index (Phi) is 4.67. The van der Waals surface area contributed by atoms with Crippen molar-refractivity contribution in [1.29, 1.82) is 0 Å². The summed E-state index contributed by atoms with van der Waals surface area (Å²) in [5, 5.41) is 0. The summed E-state index contributed by atoms with van der Waals surface area (Å²) in [6.45, 7) is 2.18. The van der Waals surface area contributed by atoms with Crippen LogP contribution in [0.4, 0.5) is 5.95 Å². The molecule has 112 valence electrons. The van der Waals surface area contributed by atoms with E-state index in [-0.39, 0.29) is 31.4 Å². The number of aromatic amines is 1. The van der Waals surface area contributed by atoms with Gasteiger partial charge in [-0.1, -0.05) is 6.08 Å². The molecule has 0 amide bonds. The lowest BCUT2D eigenvalue weighted by Gasteiger charge is -2.06. The molecule has 0 saturated heterocycles. The number of hydrogen-bond acceptors (Lipinski definition) is 7. The van der Waals surface area contributed by atoms with Gasteiger partial charge in [0.2, 0.25) is 5.95 Å². The van der Waals surface area contributed by atoms with Crippen LogP contribution in [-0.4, -0.2) is 38.7 Å². The molecule has 0 aliphatic carbocycles. The SMILES string of the molecule is C/C=C/C(=O)OCCOCn1cnc2c(=O)[nH]c(N)nc21. The molecule has 21 heavy (non-hydrogen) atoms. The van der Waals surface area contributed by atoms with Gasteiger partial charge in [-0.2, -0.15) is 4.98 Å². The summed E-state index contributed by atoms with van der Waals surface area (Å²) < 4.78 is 11.7. The number of carbonyl (C=O) groups excluding carboxylic acids is 1. The van der Waals surface area contributed by atoms with Crippen LogP contribution < -0.4 is 11.3 Å². The Labute approximate surface area is 119 Å². The van der Waals surface area contributed by atoms with E-state index in [0.29, 0.717) is 5.65 Å². The lowest BCUT2D eigenvalue weighted by molar-refractivity contribution is -0.139. The van der Waals surface area contributed by atoms with E-state index < -0.39 is 11.5 Å². The predicted molar refractivity (Wildman–Crippen MR) is 74.3 cm³/mol. The van der Waals surface area contributed by atoms with Crippen molar-refractivity contribution < 1.29 is 14.3 Å². The normalized spacial score (nSPS) is 11.3. The molecule has 2 aromatic heterocycles. The van der Waals surface area contributed by atoms with Gasteiger partial charge in [-0.05, 0) is 6.92 Å². The molecule has 0 unspecified atom stereocenters. The number of allylic oxidation sites excluding steroid dienone is 1. The van der Waals surface area contributed by atoms with Crippen LogP contribution in [-0.2, 0) is 21.0 Å². The minimum Gasteiger partial charge on any atom is -0.460 e. The molecule has 0 aliphatic heterocycles. The molecule has 0 aliphatic rings. The van der Waals surface area contributed by atoms with Gasteiger partial charge in [0.05, 0.1) is 12.9 Å². The number of anilines is 1. The van der Waals surface area contributed by atoms with Gasteiger partial charge < -0.3 is 15.2 Å². The number of rotatable bonds is 6. The molecular formula is C12H15N5O4. The second kappa shape index (κ2) is 6.66. The standard InChI is InChI=1S/C12H15N5O4/c1-2-3-8(18)21-5-4-20-7-17-6-14-9-10(17)15-12(13)16-11(9)19/h2-3,6H,4-5,7H2,1H3,(H3,13,15,16,19)/b3-2+. The Morgan fingerprint density at radius 3 is 3.10 bits per heavy atom. The van der Waals surface area contributed by atoms with E-state index in [2.05, 4.69) is 15.0 Å². The van der Waals surface area contributed by atoms with Gasteiger partial charge >= 0.3 is 5.97 Å². The molecule has 0 bridgehead atoms. The first-order chi connectivity index (χ1) is 10.1. The average molecular weight is 293 g/mol. The molecule has 0 saturated carbocycles. The van der Waals surface area contributed by atoms with Crippen LogP contribution in [0.25, 0.3) is 11.2 Å². The number of fused-ring (bicyclic) bond motifs is 1. The Bertz CT molecular complexity index is 718. The third-order valence-corrected chi connectivity index (χ3v) is 2.50. The van der Waals surface area contributed by atoms with Crippen LogP contribution in [0.15, 0.2) is 23.3 Å². The first-order valence-corrected chi connectivity index (χ1v) is 6.19. The largest absolute Gasteiger partial charge is 0.460 e. The van der Waals surface area contributed by atoms with Crippen molar-refractivity contribution in [3.8, 4) is 0 Å². The van der Waals surface area contributed by atoms with Crippen molar-refractivity contribution in [2.24, 2.45) is 0 Å². The second-order valence-corrected chi connectivity index (χ2v) is 4.04. The minimum atomic E-state index is -0.421. The number of ether oxygens (including phenoxy) is 2. The zero-order valence-electron chi connectivity index (χ0n) is 11.4. The first-order valence-electron chi connectivity index (χ1n) is 6.19. The third-order valence-electron chi connectivity index (χ3n) is 2.50. The number of carbonyl (C=O) groups is 1. The smallest absolute Gasteiger partial charge is 0.330 e. The summed E-state index contributed by atoms with van der Waals surface area (Å²) in [5.41, 5.74) is 5.60. The summed E-state index contributed by atoms with van der Waals surface area (Å²) >= 11 is 0. The van der Waals surface area contributed by atoms with Crippen LogP contribution in [0.1, 0.15) is 6.92 Å². The van der Waals surface area contributed by atoms with Crippen molar-refractivity contribution in [3.05, 3.63) is 28.8 Å². The van der Waals surface area contributed by atoms with Gasteiger partial charge in [-0.25, -0.2) is 9.78 Å². The molecule has 2 rings (SSSR count). The number of nitrogens with two attached hydrogens (primary N) is 1. The summed E-state index contributed by atoms with van der Waals surface area (Å²) in [6, 6.07) is 0. The van der Waals surface area contributed by atoms with E-state index in [9.17, 15) is 9.59 Å². The van der Waals surface area contributed by atoms with Crippen LogP contribution in [0.5, 0.6) is 0 Å². The van der Waals surface area contributed by atoms with E-state index in [4.69, 9.17) is 15.2 Å². The highest BCUT2D eigenvalue weighted by atomic mass is 16.6. The van der Waals surface area contributed by atoms with Crippen molar-refractivity contribution in [1.82, 2.24) is 19.5 Å². The zero-order chi connectivity index (χ0) is 15.2. The lowest BCUT2D eigenvalue weighted by atomic mass is 10.5. The highest BCUT2D eigenvalue weighted by molar-refractivity contribution is 5.81. The monoisotopic (exact) mass is 293 g/mol. The Morgan fingerprint density at radius 1 is 1.52 bits per heavy atom.